The van der Waals surface area contributed by atoms with Gasteiger partial charge in [0, 0.05) is 37.0 Å². The van der Waals surface area contributed by atoms with Crippen molar-refractivity contribution in [3.05, 3.63) is 74.3 Å². The first kappa shape index (κ1) is 30.5. The van der Waals surface area contributed by atoms with Crippen molar-refractivity contribution < 1.29 is 33.5 Å². The van der Waals surface area contributed by atoms with Crippen molar-refractivity contribution in [2.75, 3.05) is 18.1 Å². The maximum atomic E-state index is 13.7. The Hall–Kier alpha value is -3.72. The van der Waals surface area contributed by atoms with Crippen LogP contribution in [0.5, 0.6) is 0 Å². The van der Waals surface area contributed by atoms with Gasteiger partial charge >= 0.3 is 8.80 Å². The molecule has 0 aliphatic carbocycles. The van der Waals surface area contributed by atoms with Crippen LogP contribution in [0.15, 0.2) is 48.5 Å². The van der Waals surface area contributed by atoms with Gasteiger partial charge in [-0.05, 0) is 37.8 Å². The van der Waals surface area contributed by atoms with Crippen molar-refractivity contribution in [1.29, 1.82) is 0 Å². The molecular formula is C24H32N4O9Si. The zero-order valence-electron chi connectivity index (χ0n) is 21.4. The molecule has 0 aliphatic rings. The van der Waals surface area contributed by atoms with Crippen molar-refractivity contribution in [1.82, 2.24) is 5.32 Å². The molecule has 2 aromatic rings. The van der Waals surface area contributed by atoms with Gasteiger partial charge in [-0.25, -0.2) is 0 Å². The molecule has 0 aliphatic heterocycles. The third-order valence-electron chi connectivity index (χ3n) is 5.49. The topological polar surface area (TPSA) is 185 Å². The van der Waals surface area contributed by atoms with Crippen LogP contribution in [0.3, 0.4) is 0 Å². The van der Waals surface area contributed by atoms with E-state index in [1.807, 2.05) is 13.8 Å². The van der Waals surface area contributed by atoms with E-state index < -0.39 is 47.9 Å². The second kappa shape index (κ2) is 13.7. The number of benzene rings is 2. The minimum atomic E-state index is -3.88. The minimum absolute atomic E-state index is 0.0456. The number of carbonyl (C=O) groups excluding carboxylic acids is 2. The molecule has 0 unspecified atom stereocenters. The van der Waals surface area contributed by atoms with Gasteiger partial charge < -0.3 is 24.2 Å². The van der Waals surface area contributed by atoms with Gasteiger partial charge in [-0.15, -0.1) is 0 Å². The van der Waals surface area contributed by atoms with Crippen LogP contribution in [0.1, 0.15) is 44.0 Å². The summed E-state index contributed by atoms with van der Waals surface area (Å²) in [4.78, 5) is 69.1. The molecule has 38 heavy (non-hydrogen) atoms. The van der Waals surface area contributed by atoms with Gasteiger partial charge in [-0.1, -0.05) is 32.0 Å². The average Bonchev–Trinajstić information content (AvgIpc) is 2.85. The maximum absolute atomic E-state index is 13.7. The second-order valence-electron chi connectivity index (χ2n) is 9.01. The van der Waals surface area contributed by atoms with Crippen LogP contribution >= 0.6 is 0 Å². The van der Waals surface area contributed by atoms with Crippen LogP contribution in [0.25, 0.3) is 0 Å². The Labute approximate surface area is 220 Å². The Morgan fingerprint density at radius 3 is 2.13 bits per heavy atom. The van der Waals surface area contributed by atoms with Gasteiger partial charge in [0.1, 0.15) is 6.04 Å². The zero-order chi connectivity index (χ0) is 28.5. The number of nitrogens with one attached hydrogen (secondary N) is 1. The van der Waals surface area contributed by atoms with Crippen LogP contribution < -0.4 is 10.2 Å². The lowest BCUT2D eigenvalue weighted by atomic mass is 10.0. The molecule has 14 heteroatoms. The Kier molecular flexibility index (Phi) is 11.0. The monoisotopic (exact) mass is 548 g/mol. The third-order valence-corrected chi connectivity index (χ3v) is 7.25. The molecule has 0 saturated carbocycles. The highest BCUT2D eigenvalue weighted by Gasteiger charge is 2.33. The number of carbonyl (C=O) groups is 2. The van der Waals surface area contributed by atoms with Crippen LogP contribution in [0.4, 0.5) is 17.1 Å². The highest BCUT2D eigenvalue weighted by atomic mass is 28.4. The molecule has 1 atom stereocenters. The third kappa shape index (κ3) is 8.99. The van der Waals surface area contributed by atoms with Crippen molar-refractivity contribution >= 4 is 37.7 Å². The predicted molar refractivity (Wildman–Crippen MR) is 140 cm³/mol. The average molecular weight is 549 g/mol. The molecular weight excluding hydrogens is 516 g/mol. The molecule has 0 bridgehead atoms. The zero-order valence-corrected chi connectivity index (χ0v) is 22.4. The Balaban J connectivity index is 2.36. The fourth-order valence-corrected chi connectivity index (χ4v) is 5.03. The Bertz CT molecular complexity index is 1110. The highest BCUT2D eigenvalue weighted by Crippen LogP contribution is 2.24. The molecule has 2 aromatic carbocycles. The maximum Gasteiger partial charge on any atom is 0.495 e. The van der Waals surface area contributed by atoms with Gasteiger partial charge in [0.2, 0.25) is 5.91 Å². The largest absolute Gasteiger partial charge is 0.495 e. The molecule has 2 amide bonds. The molecule has 13 nitrogen and oxygen atoms in total. The van der Waals surface area contributed by atoms with Crippen molar-refractivity contribution in [3.8, 4) is 0 Å². The first-order chi connectivity index (χ1) is 17.8. The van der Waals surface area contributed by atoms with Crippen LogP contribution in [0, 0.1) is 26.1 Å². The Morgan fingerprint density at radius 2 is 1.63 bits per heavy atom. The summed E-state index contributed by atoms with van der Waals surface area (Å²) in [6, 6.07) is 10.1. The number of hydrogen-bond donors (Lipinski definition) is 3. The number of rotatable bonds is 14. The number of anilines is 1. The van der Waals surface area contributed by atoms with Gasteiger partial charge in [0.15, 0.2) is 0 Å². The minimum Gasteiger partial charge on any atom is -0.390 e. The summed E-state index contributed by atoms with van der Waals surface area (Å²) in [5.74, 6) is -1.41. The highest BCUT2D eigenvalue weighted by molar-refractivity contribution is 6.57. The fourth-order valence-electron chi connectivity index (χ4n) is 3.80. The van der Waals surface area contributed by atoms with Gasteiger partial charge in [0.05, 0.1) is 21.5 Å². The first-order valence-electron chi connectivity index (χ1n) is 12.0. The van der Waals surface area contributed by atoms with E-state index in [9.17, 15) is 39.4 Å². The SMILES string of the molecule is CCO[Si](O)(O)CCCN(C(=O)[C@H](CC(C)C)NC(=O)c1cc([N+](=O)[O-])cc([N+](=O)[O-])c1)c1ccccc1. The van der Waals surface area contributed by atoms with Crippen molar-refractivity contribution in [3.63, 3.8) is 0 Å². The molecule has 0 heterocycles. The number of amides is 2. The van der Waals surface area contributed by atoms with E-state index in [0.29, 0.717) is 5.69 Å². The van der Waals surface area contributed by atoms with E-state index in [1.165, 1.54) is 4.90 Å². The molecule has 3 N–H and O–H groups in total. The molecule has 0 saturated heterocycles. The number of hydrogen-bond acceptors (Lipinski definition) is 9. The Morgan fingerprint density at radius 1 is 1.05 bits per heavy atom. The van der Waals surface area contributed by atoms with Gasteiger partial charge in [0.25, 0.3) is 17.3 Å². The normalized spacial score (nSPS) is 12.2. The van der Waals surface area contributed by atoms with Crippen molar-refractivity contribution in [2.24, 2.45) is 5.92 Å². The lowest BCUT2D eigenvalue weighted by molar-refractivity contribution is -0.394. The molecule has 0 aromatic heterocycles. The standard InChI is InChI=1S/C24H32N4O9Si/c1-4-37-38(35,36)12-8-11-26(19-9-6-5-7-10-19)24(30)22(13-17(2)3)25-23(29)18-14-20(27(31)32)16-21(15-18)28(33)34/h5-7,9-10,14-17,22,35-36H,4,8,11-13H2,1-3H3,(H,25,29)/t22-/m0/s1. The fraction of sp³-hybridized carbons (Fsp3) is 0.417. The molecule has 0 spiro atoms. The first-order valence-corrected chi connectivity index (χ1v) is 14.1. The summed E-state index contributed by atoms with van der Waals surface area (Å²) in [5, 5.41) is 25.1. The van der Waals surface area contributed by atoms with E-state index in [4.69, 9.17) is 4.43 Å². The summed E-state index contributed by atoms with van der Waals surface area (Å²) in [7, 11) is -3.88. The van der Waals surface area contributed by atoms with Crippen LogP contribution in [0.2, 0.25) is 6.04 Å². The predicted octanol–water partition coefficient (Wildman–Crippen LogP) is 3.03. The molecule has 206 valence electrons. The summed E-state index contributed by atoms with van der Waals surface area (Å²) in [6.07, 6.45) is 0.418. The van der Waals surface area contributed by atoms with E-state index in [1.54, 1.807) is 37.3 Å². The van der Waals surface area contributed by atoms with E-state index >= 15 is 0 Å². The summed E-state index contributed by atoms with van der Waals surface area (Å²) in [6.45, 7) is 5.56. The number of nitrogens with zero attached hydrogens (tertiary/aromatic N) is 3. The van der Waals surface area contributed by atoms with Gasteiger partial charge in [-0.3, -0.25) is 29.8 Å². The van der Waals surface area contributed by atoms with E-state index in [-0.39, 0.29) is 43.5 Å². The van der Waals surface area contributed by atoms with Crippen LogP contribution in [-0.2, 0) is 9.22 Å². The second-order valence-corrected chi connectivity index (χ2v) is 11.3. The quantitative estimate of drug-likeness (QED) is 0.181. The molecule has 2 rings (SSSR count). The summed E-state index contributed by atoms with van der Waals surface area (Å²) in [5.41, 5.74) is -1.06. The van der Waals surface area contributed by atoms with Crippen LogP contribution in [-0.4, -0.2) is 59.3 Å². The molecule has 0 fully saturated rings. The number of para-hydroxylation sites is 1. The van der Waals surface area contributed by atoms with E-state index in [2.05, 4.69) is 5.32 Å². The number of non-ortho nitro benzene ring substituents is 2. The lowest BCUT2D eigenvalue weighted by Gasteiger charge is -2.29. The summed E-state index contributed by atoms with van der Waals surface area (Å²) >= 11 is 0. The van der Waals surface area contributed by atoms with Gasteiger partial charge in [-0.2, -0.15) is 0 Å². The van der Waals surface area contributed by atoms with Crippen molar-refractivity contribution in [2.45, 2.75) is 45.7 Å². The number of nitro benzene ring substituents is 2. The lowest BCUT2D eigenvalue weighted by Crippen LogP contribution is -2.50. The molecule has 0 radical (unpaired) electrons. The van der Waals surface area contributed by atoms with E-state index in [0.717, 1.165) is 18.2 Å². The summed E-state index contributed by atoms with van der Waals surface area (Å²) < 4.78 is 5.03. The number of nitro groups is 2. The smallest absolute Gasteiger partial charge is 0.390 e.